The summed E-state index contributed by atoms with van der Waals surface area (Å²) in [5, 5.41) is 1.98. The highest BCUT2D eigenvalue weighted by Gasteiger charge is 2.61. The summed E-state index contributed by atoms with van der Waals surface area (Å²) in [4.78, 5) is 10.7. The number of hydrogen-bond acceptors (Lipinski definition) is 3. The van der Waals surface area contributed by atoms with Gasteiger partial charge in [0.25, 0.3) is 0 Å². The van der Waals surface area contributed by atoms with Crippen molar-refractivity contribution in [1.29, 1.82) is 0 Å². The van der Waals surface area contributed by atoms with Crippen LogP contribution in [-0.4, -0.2) is 9.97 Å². The Morgan fingerprint density at radius 2 is 0.889 bits per heavy atom. The fourth-order valence-corrected chi connectivity index (χ4v) is 8.43. The smallest absolute Gasteiger partial charge is 0.231 e. The third-order valence-corrected chi connectivity index (χ3v) is 10.0. The molecule has 8 aromatic rings. The van der Waals surface area contributed by atoms with Gasteiger partial charge >= 0.3 is 0 Å². The Labute approximate surface area is 260 Å². The molecule has 3 heteroatoms. The molecule has 0 saturated heterocycles. The van der Waals surface area contributed by atoms with Crippen molar-refractivity contribution in [1.82, 2.24) is 9.97 Å². The van der Waals surface area contributed by atoms with E-state index in [-0.39, 0.29) is 0 Å². The molecule has 0 N–H and O–H groups in total. The van der Waals surface area contributed by atoms with Crippen LogP contribution in [0.5, 0.6) is 0 Å². The van der Waals surface area contributed by atoms with Crippen LogP contribution in [0.25, 0.3) is 33.5 Å². The maximum atomic E-state index is 6.55. The summed E-state index contributed by atoms with van der Waals surface area (Å²) < 4.78 is 6.55. The molecule has 0 unspecified atom stereocenters. The van der Waals surface area contributed by atoms with Gasteiger partial charge < -0.3 is 4.42 Å². The Balaban J connectivity index is 1.46. The van der Waals surface area contributed by atoms with Gasteiger partial charge in [0.15, 0.2) is 5.82 Å². The number of hydrogen-bond donors (Lipinski definition) is 0. The van der Waals surface area contributed by atoms with Crippen molar-refractivity contribution >= 4 is 22.1 Å². The monoisotopic (exact) mass is 574 g/mol. The van der Waals surface area contributed by atoms with Gasteiger partial charge in [-0.2, -0.15) is 4.98 Å². The second kappa shape index (κ2) is 8.87. The first kappa shape index (κ1) is 24.6. The zero-order chi connectivity index (χ0) is 29.6. The van der Waals surface area contributed by atoms with E-state index in [0.717, 1.165) is 27.6 Å². The number of rotatable bonds is 3. The Kier molecular flexibility index (Phi) is 4.85. The van der Waals surface area contributed by atoms with Crippen molar-refractivity contribution in [3.63, 3.8) is 0 Å². The van der Waals surface area contributed by atoms with Crippen LogP contribution in [0.4, 0.5) is 0 Å². The van der Waals surface area contributed by atoms with E-state index in [0.29, 0.717) is 11.5 Å². The van der Waals surface area contributed by atoms with Gasteiger partial charge in [-0.3, -0.25) is 0 Å². The predicted molar refractivity (Wildman–Crippen MR) is 178 cm³/mol. The first-order valence-corrected chi connectivity index (χ1v) is 15.4. The molecule has 0 atom stereocenters. The van der Waals surface area contributed by atoms with Crippen LogP contribution < -0.4 is 0 Å². The fourth-order valence-electron chi connectivity index (χ4n) is 8.43. The third-order valence-electron chi connectivity index (χ3n) is 10.0. The van der Waals surface area contributed by atoms with Gasteiger partial charge in [0.1, 0.15) is 5.58 Å². The molecule has 3 nitrogen and oxygen atoms in total. The van der Waals surface area contributed by atoms with Crippen LogP contribution in [0, 0.1) is 0 Å². The number of furan rings is 1. The Morgan fingerprint density at radius 3 is 1.47 bits per heavy atom. The van der Waals surface area contributed by atoms with E-state index in [1.165, 1.54) is 38.9 Å². The number of nitrogens with zero attached hydrogens (tertiary/aromatic N) is 2. The zero-order valence-electron chi connectivity index (χ0n) is 24.3. The number of benzene rings is 6. The van der Waals surface area contributed by atoms with Gasteiger partial charge in [0.05, 0.1) is 21.9 Å². The normalized spacial score (nSPS) is 19.3. The summed E-state index contributed by atoms with van der Waals surface area (Å²) in [5.74, 6) is 0.657. The lowest BCUT2D eigenvalue weighted by Gasteiger charge is -2.56. The molecule has 6 aromatic carbocycles. The highest BCUT2D eigenvalue weighted by Crippen LogP contribution is 2.66. The molecule has 0 spiro atoms. The molecule has 0 radical (unpaired) electrons. The summed E-state index contributed by atoms with van der Waals surface area (Å²) in [7, 11) is 0. The van der Waals surface area contributed by atoms with Crippen LogP contribution >= 0.6 is 0 Å². The maximum absolute atomic E-state index is 6.55. The van der Waals surface area contributed by atoms with Crippen molar-refractivity contribution in [2.24, 2.45) is 0 Å². The lowest BCUT2D eigenvalue weighted by molar-refractivity contribution is 0.549. The van der Waals surface area contributed by atoms with Crippen molar-refractivity contribution < 1.29 is 4.42 Å². The molecular weight excluding hydrogens is 548 g/mol. The van der Waals surface area contributed by atoms with Gasteiger partial charge in [-0.1, -0.05) is 152 Å². The summed E-state index contributed by atoms with van der Waals surface area (Å²) in [6, 6.07) is 56.5. The molecule has 3 aliphatic carbocycles. The number of fused-ring (bicyclic) bond motifs is 3. The largest absolute Gasteiger partial charge is 0.438 e. The van der Waals surface area contributed by atoms with Crippen LogP contribution in [0.2, 0.25) is 0 Å². The van der Waals surface area contributed by atoms with E-state index in [9.17, 15) is 0 Å². The Hall–Kier alpha value is -5.80. The summed E-state index contributed by atoms with van der Waals surface area (Å²) in [6.07, 6.45) is 0. The summed E-state index contributed by atoms with van der Waals surface area (Å²) >= 11 is 0. The van der Waals surface area contributed by atoms with Crippen molar-refractivity contribution in [2.45, 2.75) is 10.8 Å². The van der Waals surface area contributed by atoms with E-state index in [1.54, 1.807) is 0 Å². The van der Waals surface area contributed by atoms with Crippen molar-refractivity contribution in [2.75, 3.05) is 0 Å². The minimum atomic E-state index is -0.711. The highest BCUT2D eigenvalue weighted by atomic mass is 16.3. The van der Waals surface area contributed by atoms with Crippen LogP contribution in [0.3, 0.4) is 0 Å². The summed E-state index contributed by atoms with van der Waals surface area (Å²) in [5.41, 5.74) is 11.0. The fraction of sp³-hybridized carbons (Fsp3) is 0.0476. The highest BCUT2D eigenvalue weighted by molar-refractivity contribution is 6.07. The van der Waals surface area contributed by atoms with Crippen molar-refractivity contribution in [3.8, 4) is 11.4 Å². The van der Waals surface area contributed by atoms with E-state index in [1.807, 2.05) is 30.3 Å². The van der Waals surface area contributed by atoms with Crippen LogP contribution in [0.15, 0.2) is 162 Å². The molecule has 210 valence electrons. The van der Waals surface area contributed by atoms with Gasteiger partial charge in [-0.05, 0) is 45.0 Å². The molecular formula is C42H26N2O. The third kappa shape index (κ3) is 2.95. The lowest BCUT2D eigenvalue weighted by Crippen LogP contribution is -2.52. The average molecular weight is 575 g/mol. The molecule has 2 heterocycles. The van der Waals surface area contributed by atoms with Crippen LogP contribution in [-0.2, 0) is 10.8 Å². The quantitative estimate of drug-likeness (QED) is 0.211. The van der Waals surface area contributed by atoms with Gasteiger partial charge in [0, 0.05) is 10.9 Å². The first-order valence-electron chi connectivity index (χ1n) is 15.4. The minimum Gasteiger partial charge on any atom is -0.438 e. The standard InChI is InChI=1S/C42H26N2O/c1-3-15-27(16-4-1)39-43-38(37-29-19-7-14-26-36(29)45-40(37)44-39)42-33-23-11-8-20-30(33)41(28-17-5-2-6-18-28,31-21-9-12-24-34(31)42)32-22-10-13-25-35(32)42/h1-26H. The summed E-state index contributed by atoms with van der Waals surface area (Å²) in [6.45, 7) is 0. The predicted octanol–water partition coefficient (Wildman–Crippen LogP) is 9.44. The van der Waals surface area contributed by atoms with Gasteiger partial charge in [0.2, 0.25) is 5.71 Å². The van der Waals surface area contributed by atoms with Crippen molar-refractivity contribution in [3.05, 3.63) is 202 Å². The van der Waals surface area contributed by atoms with E-state index < -0.39 is 10.8 Å². The van der Waals surface area contributed by atoms with Gasteiger partial charge in [-0.15, -0.1) is 0 Å². The Bertz CT molecular complexity index is 2320. The molecule has 0 aliphatic heterocycles. The second-order valence-corrected chi connectivity index (χ2v) is 12.0. The van der Waals surface area contributed by atoms with E-state index >= 15 is 0 Å². The number of aromatic nitrogens is 2. The van der Waals surface area contributed by atoms with Crippen LogP contribution in [0.1, 0.15) is 44.6 Å². The topological polar surface area (TPSA) is 38.9 Å². The average Bonchev–Trinajstić information content (AvgIpc) is 3.50. The van der Waals surface area contributed by atoms with E-state index in [2.05, 4.69) is 127 Å². The number of para-hydroxylation sites is 1. The molecule has 0 saturated carbocycles. The molecule has 11 rings (SSSR count). The van der Waals surface area contributed by atoms with E-state index in [4.69, 9.17) is 14.4 Å². The molecule has 0 amide bonds. The molecule has 3 aliphatic rings. The molecule has 0 fully saturated rings. The molecule has 45 heavy (non-hydrogen) atoms. The van der Waals surface area contributed by atoms with Gasteiger partial charge in [-0.25, -0.2) is 4.98 Å². The SMILES string of the molecule is c1ccc(-c2nc(C34c5ccccc5C(c5ccccc5)(c5ccccc53)c3ccccc34)c3c(n2)oc2ccccc23)cc1. The first-order chi connectivity index (χ1) is 22.3. The second-order valence-electron chi connectivity index (χ2n) is 12.0. The maximum Gasteiger partial charge on any atom is 0.231 e. The lowest BCUT2D eigenvalue weighted by atomic mass is 9.44. The minimum absolute atomic E-state index is 0.473. The molecule has 2 aromatic heterocycles. The molecule has 2 bridgehead atoms. The Morgan fingerprint density at radius 1 is 0.422 bits per heavy atom. The zero-order valence-corrected chi connectivity index (χ0v) is 24.3.